The van der Waals surface area contributed by atoms with Gasteiger partial charge in [-0.05, 0) is 66.0 Å². The number of carbonyl (C=O) groups excluding carboxylic acids is 1. The van der Waals surface area contributed by atoms with Crippen molar-refractivity contribution in [1.82, 2.24) is 34.4 Å². The molecule has 5 heterocycles. The van der Waals surface area contributed by atoms with Gasteiger partial charge in [-0.1, -0.05) is 75.4 Å². The molecule has 3 aromatic heterocycles. The molecule has 3 aromatic carbocycles. The van der Waals surface area contributed by atoms with Crippen LogP contribution in [-0.2, 0) is 33.8 Å². The molecule has 2 fully saturated rings. The number of aromatic amines is 1. The van der Waals surface area contributed by atoms with Crippen LogP contribution >= 0.6 is 0 Å². The minimum Gasteiger partial charge on any atom is -0.497 e. The number of carbonyl (C=O) groups is 1. The number of amides is 1. The molecule has 0 radical (unpaired) electrons. The highest BCUT2D eigenvalue weighted by molar-refractivity contribution is 6.74. The Labute approximate surface area is 406 Å². The van der Waals surface area contributed by atoms with E-state index in [0.29, 0.717) is 22.7 Å². The Morgan fingerprint density at radius 3 is 2.04 bits per heavy atom. The van der Waals surface area contributed by atoms with Gasteiger partial charge in [0.2, 0.25) is 5.91 Å². The summed E-state index contributed by atoms with van der Waals surface area (Å²) in [4.78, 5) is 56.3. The molecule has 0 spiro atoms. The molecule has 372 valence electrons. The number of imidazole rings is 1. The number of hydrogen-bond acceptors (Lipinski definition) is 15. The molecular formula is C50H62N8O11Si. The third-order valence-corrected chi connectivity index (χ3v) is 18.4. The number of aliphatic hydroxyl groups excluding tert-OH is 1. The maximum absolute atomic E-state index is 14.6. The molecule has 5 N–H and O–H groups in total. The van der Waals surface area contributed by atoms with Crippen LogP contribution in [0.15, 0.2) is 107 Å². The summed E-state index contributed by atoms with van der Waals surface area (Å²) in [6.07, 6.45) is -2.57. The summed E-state index contributed by atoms with van der Waals surface area (Å²) in [5, 5.41) is 14.2. The number of nitrogens with zero attached hydrogens (tertiary/aromatic N) is 5. The van der Waals surface area contributed by atoms with Crippen LogP contribution in [0.4, 0.5) is 5.82 Å². The second-order valence-corrected chi connectivity index (χ2v) is 24.0. The van der Waals surface area contributed by atoms with Gasteiger partial charge in [-0.3, -0.25) is 23.7 Å². The number of benzene rings is 3. The number of aryl methyl sites for hydroxylation is 1. The third-order valence-electron chi connectivity index (χ3n) is 14.0. The van der Waals surface area contributed by atoms with Crippen molar-refractivity contribution < 1.29 is 42.7 Å². The van der Waals surface area contributed by atoms with Crippen molar-refractivity contribution in [2.75, 3.05) is 40.2 Å². The zero-order chi connectivity index (χ0) is 50.1. The molecule has 2 saturated heterocycles. The number of hydrogen-bond donors (Lipinski definition) is 4. The van der Waals surface area contributed by atoms with Gasteiger partial charge in [0, 0.05) is 37.8 Å². The minimum atomic E-state index is -2.72. The lowest BCUT2D eigenvalue weighted by molar-refractivity contribution is -0.125. The van der Waals surface area contributed by atoms with Crippen LogP contribution < -0.4 is 31.8 Å². The van der Waals surface area contributed by atoms with Gasteiger partial charge >= 0.3 is 5.69 Å². The van der Waals surface area contributed by atoms with Crippen LogP contribution in [0.1, 0.15) is 61.9 Å². The third kappa shape index (κ3) is 9.64. The smallest absolute Gasteiger partial charge is 0.330 e. The number of ether oxygens (including phenoxy) is 6. The van der Waals surface area contributed by atoms with Gasteiger partial charge in [0.15, 0.2) is 32.2 Å². The number of aromatic nitrogens is 6. The van der Waals surface area contributed by atoms with Crippen molar-refractivity contribution in [2.24, 2.45) is 5.92 Å². The highest BCUT2D eigenvalue weighted by Crippen LogP contribution is 2.47. The van der Waals surface area contributed by atoms with Gasteiger partial charge in [0.05, 0.1) is 39.4 Å². The van der Waals surface area contributed by atoms with Crippen LogP contribution in [0.25, 0.3) is 11.2 Å². The van der Waals surface area contributed by atoms with E-state index in [2.05, 4.69) is 59.1 Å². The van der Waals surface area contributed by atoms with Gasteiger partial charge < -0.3 is 49.0 Å². The first kappa shape index (κ1) is 50.1. The van der Waals surface area contributed by atoms with Gasteiger partial charge in [-0.15, -0.1) is 0 Å². The summed E-state index contributed by atoms with van der Waals surface area (Å²) in [6.45, 7) is 11.9. The van der Waals surface area contributed by atoms with Crippen LogP contribution in [0.2, 0.25) is 18.1 Å². The number of anilines is 1. The van der Waals surface area contributed by atoms with Crippen LogP contribution in [0.5, 0.6) is 11.5 Å². The van der Waals surface area contributed by atoms with E-state index in [-0.39, 0.29) is 36.0 Å². The van der Waals surface area contributed by atoms with E-state index >= 15 is 0 Å². The van der Waals surface area contributed by atoms with Gasteiger partial charge in [0.25, 0.3) is 5.56 Å². The molecular weight excluding hydrogens is 917 g/mol. The molecule has 0 unspecified atom stereocenters. The monoisotopic (exact) mass is 978 g/mol. The molecule has 0 aliphatic carbocycles. The first-order valence-corrected chi connectivity index (χ1v) is 26.0. The van der Waals surface area contributed by atoms with E-state index in [1.165, 1.54) is 30.5 Å². The second-order valence-electron chi connectivity index (χ2n) is 19.2. The average Bonchev–Trinajstić information content (AvgIpc) is 4.02. The fourth-order valence-corrected chi connectivity index (χ4v) is 10.4. The Kier molecular flexibility index (Phi) is 14.5. The lowest BCUT2D eigenvalue weighted by Gasteiger charge is -2.41. The molecule has 70 heavy (non-hydrogen) atoms. The predicted molar refractivity (Wildman–Crippen MR) is 262 cm³/mol. The van der Waals surface area contributed by atoms with Crippen molar-refractivity contribution in [3.63, 3.8) is 0 Å². The Balaban J connectivity index is 1.17. The van der Waals surface area contributed by atoms with Crippen molar-refractivity contribution in [1.29, 1.82) is 0 Å². The Bertz CT molecular complexity index is 2840. The molecule has 6 aromatic rings. The van der Waals surface area contributed by atoms with Crippen molar-refractivity contribution in [3.8, 4) is 11.5 Å². The van der Waals surface area contributed by atoms with E-state index in [4.69, 9.17) is 38.6 Å². The van der Waals surface area contributed by atoms with Gasteiger partial charge in [0.1, 0.15) is 47.3 Å². The maximum Gasteiger partial charge on any atom is 0.330 e. The highest BCUT2D eigenvalue weighted by Gasteiger charge is 2.53. The molecule has 0 saturated carbocycles. The summed E-state index contributed by atoms with van der Waals surface area (Å²) >= 11 is 0. The predicted octanol–water partition coefficient (Wildman–Crippen LogP) is 4.98. The van der Waals surface area contributed by atoms with E-state index < -0.39 is 80.0 Å². The first-order chi connectivity index (χ1) is 33.4. The average molecular weight is 979 g/mol. The first-order valence-electron chi connectivity index (χ1n) is 23.1. The van der Waals surface area contributed by atoms with E-state index in [0.717, 1.165) is 16.7 Å². The minimum absolute atomic E-state index is 0.101. The van der Waals surface area contributed by atoms with E-state index in [1.54, 1.807) is 25.7 Å². The zero-order valence-electron chi connectivity index (χ0n) is 40.8. The fraction of sp³-hybridized carbons (Fsp3) is 0.440. The molecule has 8 rings (SSSR count). The highest BCUT2D eigenvalue weighted by atomic mass is 28.4. The van der Waals surface area contributed by atoms with Gasteiger partial charge in [-0.2, -0.15) is 0 Å². The SMILES string of the molecule is COc1ccc(C(OC[C@H]2O[C@@H](n3cc(C)c(=O)[nH]c3=O)[C@H](O[Si](C)(C)C(C)(C)C)[C@@H]2CC(=O)NC[C@H]2O[C@@H](n3cnc4c(N)ncnc43)[C@H](OC)[C@@H]2O)(c2ccccc2)c2ccc(OC)cc2)cc1. The lowest BCUT2D eigenvalue weighted by atomic mass is 9.79. The summed E-state index contributed by atoms with van der Waals surface area (Å²) in [5.74, 6) is 0.342. The number of fused-ring (bicyclic) bond motifs is 1. The quantitative estimate of drug-likeness (QED) is 0.0697. The summed E-state index contributed by atoms with van der Waals surface area (Å²) < 4.78 is 47.8. The summed E-state index contributed by atoms with van der Waals surface area (Å²) in [7, 11) is 1.95. The number of nitrogen functional groups attached to an aromatic ring is 1. The number of rotatable bonds is 17. The number of nitrogens with two attached hydrogens (primary N) is 1. The van der Waals surface area contributed by atoms with Crippen LogP contribution in [0.3, 0.4) is 0 Å². The fourth-order valence-electron chi connectivity index (χ4n) is 9.06. The van der Waals surface area contributed by atoms with E-state index in [9.17, 15) is 19.5 Å². The van der Waals surface area contributed by atoms with E-state index in [1.807, 2.05) is 78.9 Å². The van der Waals surface area contributed by atoms with Crippen molar-refractivity contribution >= 4 is 31.2 Å². The molecule has 19 nitrogen and oxygen atoms in total. The zero-order valence-corrected chi connectivity index (χ0v) is 41.8. The molecule has 20 heteroatoms. The molecule has 8 atom stereocenters. The molecule has 1 amide bonds. The maximum atomic E-state index is 14.6. The van der Waals surface area contributed by atoms with Gasteiger partial charge in [-0.25, -0.2) is 19.7 Å². The van der Waals surface area contributed by atoms with Crippen LogP contribution in [-0.4, -0.2) is 113 Å². The number of nitrogens with one attached hydrogen (secondary N) is 2. The number of aliphatic hydroxyl groups is 1. The standard InChI is InChI=1S/C50H62N8O11Si/c1-29-25-57(48(62)56-45(29)61)46-41(69-70(8,9)49(2,3)4)35(23-38(59)52-24-36-40(60)42(65-7)47(67-36)58-28-55-39-43(51)53-27-54-44(39)58)37(68-46)26-66-50(30-13-11-10-12-14-30,31-15-19-33(63-5)20-16-31)32-17-21-34(64-6)22-18-32/h10-22,25,27-28,35-37,40-42,46-47,60H,23-24,26H2,1-9H3,(H,52,59)(H2,51,53,54)(H,56,61,62)/t35-,36-,37-,40-,41-,42-,46-,47-/m1/s1. The summed E-state index contributed by atoms with van der Waals surface area (Å²) in [6, 6.07) is 25.0. The summed E-state index contributed by atoms with van der Waals surface area (Å²) in [5.41, 5.74) is 6.96. The Morgan fingerprint density at radius 1 is 0.843 bits per heavy atom. The van der Waals surface area contributed by atoms with Crippen molar-refractivity contribution in [2.45, 2.75) is 101 Å². The van der Waals surface area contributed by atoms with Crippen molar-refractivity contribution in [3.05, 3.63) is 141 Å². The molecule has 2 aliphatic rings. The largest absolute Gasteiger partial charge is 0.497 e. The normalized spacial score (nSPS) is 22.9. The molecule has 2 aliphatic heterocycles. The number of H-pyrrole nitrogens is 1. The second kappa shape index (κ2) is 20.2. The topological polar surface area (TPSA) is 238 Å². The lowest BCUT2D eigenvalue weighted by Crippen LogP contribution is -2.49. The molecule has 0 bridgehead atoms. The Morgan fingerprint density at radius 2 is 1.44 bits per heavy atom. The van der Waals surface area contributed by atoms with Crippen LogP contribution in [0, 0.1) is 12.8 Å². The Hall–Kier alpha value is -6.26. The number of methoxy groups -OCH3 is 3.